The Balaban J connectivity index is 1.26. The molecule has 1 heterocycles. The molecule has 0 spiro atoms. The van der Waals surface area contributed by atoms with E-state index in [-0.39, 0.29) is 5.91 Å². The first-order valence-electron chi connectivity index (χ1n) is 12.1. The summed E-state index contributed by atoms with van der Waals surface area (Å²) in [5.74, 6) is 4.18. The average Bonchev–Trinajstić information content (AvgIpc) is 3.12. The zero-order chi connectivity index (χ0) is 22.1. The second-order valence-corrected chi connectivity index (χ2v) is 11.2. The number of allylic oxidation sites excluding steroid dienone is 1. The van der Waals surface area contributed by atoms with Crippen molar-refractivity contribution in [3.63, 3.8) is 0 Å². The van der Waals surface area contributed by atoms with Crippen LogP contribution in [0.4, 0.5) is 5.69 Å². The number of hydrogen-bond donors (Lipinski definition) is 1. The van der Waals surface area contributed by atoms with Gasteiger partial charge in [0.2, 0.25) is 5.91 Å². The number of amides is 1. The molecule has 1 amide bonds. The molecular formula is C26H34N4OS. The van der Waals surface area contributed by atoms with Crippen LogP contribution in [0.2, 0.25) is 0 Å². The number of aryl methyl sites for hydroxylation is 1. The minimum absolute atomic E-state index is 0.00770. The SMILES string of the molecule is C=CCn1c(CC23CC4CC(CC(C4)C2)C3)nnc1SCC(=O)Nc1ccccc1CC. The van der Waals surface area contributed by atoms with Gasteiger partial charge in [0.05, 0.1) is 5.75 Å². The molecule has 170 valence electrons. The fourth-order valence-electron chi connectivity index (χ4n) is 6.98. The van der Waals surface area contributed by atoms with E-state index in [2.05, 4.69) is 39.7 Å². The summed E-state index contributed by atoms with van der Waals surface area (Å²) >= 11 is 1.47. The number of nitrogens with zero attached hydrogens (tertiary/aromatic N) is 3. The summed E-state index contributed by atoms with van der Waals surface area (Å²) in [6.45, 7) is 6.74. The van der Waals surface area contributed by atoms with Gasteiger partial charge in [-0.1, -0.05) is 43.0 Å². The molecule has 4 aliphatic carbocycles. The Labute approximate surface area is 195 Å². The van der Waals surface area contributed by atoms with E-state index in [4.69, 9.17) is 0 Å². The first-order chi connectivity index (χ1) is 15.6. The normalized spacial score (nSPS) is 28.1. The molecule has 4 fully saturated rings. The van der Waals surface area contributed by atoms with Gasteiger partial charge in [-0.15, -0.1) is 16.8 Å². The monoisotopic (exact) mass is 450 g/mol. The Hall–Kier alpha value is -2.08. The smallest absolute Gasteiger partial charge is 0.234 e. The summed E-state index contributed by atoms with van der Waals surface area (Å²) in [7, 11) is 0. The van der Waals surface area contributed by atoms with Crippen molar-refractivity contribution in [3.8, 4) is 0 Å². The number of hydrogen-bond acceptors (Lipinski definition) is 4. The maximum Gasteiger partial charge on any atom is 0.234 e. The fraction of sp³-hybridized carbons (Fsp3) is 0.577. The number of nitrogens with one attached hydrogen (secondary N) is 1. The molecule has 4 bridgehead atoms. The van der Waals surface area contributed by atoms with Gasteiger partial charge in [0, 0.05) is 18.7 Å². The molecule has 0 atom stereocenters. The van der Waals surface area contributed by atoms with E-state index in [1.165, 1.54) is 50.3 Å². The highest BCUT2D eigenvalue weighted by Crippen LogP contribution is 2.61. The van der Waals surface area contributed by atoms with Crippen LogP contribution in [0.5, 0.6) is 0 Å². The van der Waals surface area contributed by atoms with Crippen LogP contribution in [0, 0.1) is 23.2 Å². The molecule has 1 aromatic carbocycles. The maximum atomic E-state index is 12.6. The van der Waals surface area contributed by atoms with Gasteiger partial charge < -0.3 is 9.88 Å². The summed E-state index contributed by atoms with van der Waals surface area (Å²) in [5.41, 5.74) is 2.47. The highest BCUT2D eigenvalue weighted by atomic mass is 32.2. The minimum Gasteiger partial charge on any atom is -0.325 e. The Morgan fingerprint density at radius 3 is 2.53 bits per heavy atom. The van der Waals surface area contributed by atoms with Crippen molar-refractivity contribution in [3.05, 3.63) is 48.3 Å². The topological polar surface area (TPSA) is 59.8 Å². The Morgan fingerprint density at radius 2 is 1.88 bits per heavy atom. The number of thioether (sulfide) groups is 1. The highest BCUT2D eigenvalue weighted by Gasteiger charge is 2.51. The van der Waals surface area contributed by atoms with Crippen LogP contribution in [0.15, 0.2) is 42.1 Å². The molecule has 2 aromatic rings. The highest BCUT2D eigenvalue weighted by molar-refractivity contribution is 7.99. The Morgan fingerprint density at radius 1 is 1.19 bits per heavy atom. The van der Waals surface area contributed by atoms with Crippen molar-refractivity contribution in [2.45, 2.75) is 70.0 Å². The van der Waals surface area contributed by atoms with Crippen molar-refractivity contribution in [1.82, 2.24) is 14.8 Å². The molecule has 1 aromatic heterocycles. The fourth-order valence-corrected chi connectivity index (χ4v) is 7.74. The van der Waals surface area contributed by atoms with Gasteiger partial charge in [-0.25, -0.2) is 0 Å². The van der Waals surface area contributed by atoms with Crippen LogP contribution < -0.4 is 5.32 Å². The van der Waals surface area contributed by atoms with Gasteiger partial charge in [0.15, 0.2) is 5.16 Å². The molecular weight excluding hydrogens is 416 g/mol. The molecule has 4 aliphatic rings. The lowest BCUT2D eigenvalue weighted by molar-refractivity contribution is -0.113. The molecule has 0 radical (unpaired) electrons. The number of carbonyl (C=O) groups excluding carboxylic acids is 1. The molecule has 0 aliphatic heterocycles. The molecule has 5 nitrogen and oxygen atoms in total. The van der Waals surface area contributed by atoms with Crippen LogP contribution in [-0.2, 0) is 24.2 Å². The molecule has 6 heteroatoms. The zero-order valence-electron chi connectivity index (χ0n) is 19.1. The molecule has 1 N–H and O–H groups in total. The number of rotatable bonds is 9. The minimum atomic E-state index is -0.00770. The maximum absolute atomic E-state index is 12.6. The standard InChI is InChI=1S/C26H34N4OS/c1-3-9-30-23(16-26-13-18-10-19(14-26)12-20(11-18)15-26)28-29-25(30)32-17-24(31)27-22-8-6-5-7-21(22)4-2/h3,5-8,18-20H,1,4,9-17H2,2H3,(H,27,31). The van der Waals surface area contributed by atoms with Crippen molar-refractivity contribution in [2.24, 2.45) is 23.2 Å². The van der Waals surface area contributed by atoms with E-state index < -0.39 is 0 Å². The third-order valence-electron chi connectivity index (χ3n) is 7.81. The Bertz CT molecular complexity index is 962. The summed E-state index contributed by atoms with van der Waals surface area (Å²) in [6.07, 6.45) is 12.3. The molecule has 4 saturated carbocycles. The molecule has 6 rings (SSSR count). The van der Waals surface area contributed by atoms with Crippen LogP contribution >= 0.6 is 11.8 Å². The number of benzene rings is 1. The second-order valence-electron chi connectivity index (χ2n) is 10.2. The summed E-state index contributed by atoms with van der Waals surface area (Å²) in [6, 6.07) is 7.98. The van der Waals surface area contributed by atoms with Crippen molar-refractivity contribution < 1.29 is 4.79 Å². The van der Waals surface area contributed by atoms with Crippen LogP contribution in [0.3, 0.4) is 0 Å². The summed E-state index contributed by atoms with van der Waals surface area (Å²) < 4.78 is 2.18. The van der Waals surface area contributed by atoms with Gasteiger partial charge in [-0.2, -0.15) is 0 Å². The lowest BCUT2D eigenvalue weighted by Crippen LogP contribution is -2.47. The van der Waals surface area contributed by atoms with Gasteiger partial charge >= 0.3 is 0 Å². The van der Waals surface area contributed by atoms with Crippen molar-refractivity contribution in [2.75, 3.05) is 11.1 Å². The van der Waals surface area contributed by atoms with E-state index in [0.717, 1.165) is 52.8 Å². The van der Waals surface area contributed by atoms with Crippen molar-refractivity contribution in [1.29, 1.82) is 0 Å². The van der Waals surface area contributed by atoms with Gasteiger partial charge in [0.25, 0.3) is 0 Å². The summed E-state index contributed by atoms with van der Waals surface area (Å²) in [4.78, 5) is 12.6. The van der Waals surface area contributed by atoms with Crippen LogP contribution in [0.1, 0.15) is 56.8 Å². The van der Waals surface area contributed by atoms with Crippen LogP contribution in [-0.4, -0.2) is 26.4 Å². The zero-order valence-corrected chi connectivity index (χ0v) is 19.9. The third kappa shape index (κ3) is 4.39. The predicted molar refractivity (Wildman–Crippen MR) is 130 cm³/mol. The lowest BCUT2D eigenvalue weighted by Gasteiger charge is -2.56. The van der Waals surface area contributed by atoms with E-state index in [1.807, 2.05) is 24.3 Å². The first kappa shape index (κ1) is 21.7. The number of para-hydroxylation sites is 1. The molecule has 0 unspecified atom stereocenters. The quantitative estimate of drug-likeness (QED) is 0.404. The van der Waals surface area contributed by atoms with Gasteiger partial charge in [-0.05, 0) is 79.7 Å². The summed E-state index contributed by atoms with van der Waals surface area (Å²) in [5, 5.41) is 13.0. The lowest BCUT2D eigenvalue weighted by atomic mass is 9.49. The van der Waals surface area contributed by atoms with E-state index in [9.17, 15) is 4.79 Å². The van der Waals surface area contributed by atoms with E-state index in [1.54, 1.807) is 0 Å². The van der Waals surface area contributed by atoms with Gasteiger partial charge in [0.1, 0.15) is 5.82 Å². The van der Waals surface area contributed by atoms with E-state index in [0.29, 0.717) is 17.7 Å². The average molecular weight is 451 g/mol. The number of anilines is 1. The molecule has 0 saturated heterocycles. The van der Waals surface area contributed by atoms with Gasteiger partial charge in [-0.3, -0.25) is 4.79 Å². The first-order valence-corrected chi connectivity index (χ1v) is 13.1. The van der Waals surface area contributed by atoms with Crippen LogP contribution in [0.25, 0.3) is 0 Å². The van der Waals surface area contributed by atoms with E-state index >= 15 is 0 Å². The van der Waals surface area contributed by atoms with Crippen molar-refractivity contribution >= 4 is 23.4 Å². The molecule has 32 heavy (non-hydrogen) atoms. The third-order valence-corrected chi connectivity index (χ3v) is 8.77. The number of carbonyl (C=O) groups is 1. The second kappa shape index (κ2) is 9.05. The number of aromatic nitrogens is 3. The Kier molecular flexibility index (Phi) is 6.15. The largest absolute Gasteiger partial charge is 0.325 e. The predicted octanol–water partition coefficient (Wildman–Crippen LogP) is 5.52.